The van der Waals surface area contributed by atoms with Crippen molar-refractivity contribution < 1.29 is 23.6 Å². The van der Waals surface area contributed by atoms with Crippen molar-refractivity contribution in [1.29, 1.82) is 0 Å². The number of anilines is 1. The van der Waals surface area contributed by atoms with E-state index in [2.05, 4.69) is 5.16 Å². The zero-order valence-corrected chi connectivity index (χ0v) is 21.8. The van der Waals surface area contributed by atoms with E-state index >= 15 is 0 Å². The summed E-state index contributed by atoms with van der Waals surface area (Å²) >= 11 is 0. The number of fused-ring (bicyclic) bond motifs is 6. The minimum absolute atomic E-state index is 0.0560. The van der Waals surface area contributed by atoms with Gasteiger partial charge in [-0.3, -0.25) is 14.4 Å². The summed E-state index contributed by atoms with van der Waals surface area (Å²) in [7, 11) is 1.75. The number of likely N-dealkylation sites (tertiary alicyclic amines) is 1. The van der Waals surface area contributed by atoms with Gasteiger partial charge in [0, 0.05) is 25.8 Å². The highest BCUT2D eigenvalue weighted by Gasteiger charge is 2.62. The lowest BCUT2D eigenvalue weighted by atomic mass is 9.72. The molecule has 4 bridgehead atoms. The Balaban J connectivity index is 1.56. The number of para-hydroxylation sites is 1. The Bertz CT molecular complexity index is 1430. The number of hydrogen-bond donors (Lipinski definition) is 0. The van der Waals surface area contributed by atoms with Crippen LogP contribution >= 0.6 is 0 Å². The first-order valence-electron chi connectivity index (χ1n) is 12.9. The van der Waals surface area contributed by atoms with Gasteiger partial charge >= 0.3 is 0 Å². The smallest absolute Gasteiger partial charge is 0.259 e. The molecule has 3 aliphatic rings. The number of amides is 3. The number of carbonyl (C=O) groups excluding carboxylic acids is 3. The molecule has 0 unspecified atom stereocenters. The largest absolute Gasteiger partial charge is 0.494 e. The molecule has 0 N–H and O–H groups in total. The SMILES string of the molecule is Cc1noc(C)c1C(=O)N1CC[C@]23C(=O)N(CC(=O)N(C)CCCOc4cccc(c4)[C@H]12)c1ccccc13. The Morgan fingerprint density at radius 1 is 1.08 bits per heavy atom. The van der Waals surface area contributed by atoms with Crippen molar-refractivity contribution >= 4 is 23.4 Å². The van der Waals surface area contributed by atoms with Crippen molar-refractivity contribution in [3.05, 3.63) is 76.7 Å². The molecule has 2 aromatic carbocycles. The fraction of sp³-hybridized carbons (Fsp3) is 0.379. The number of rotatable bonds is 1. The highest BCUT2D eigenvalue weighted by molar-refractivity contribution is 6.12. The molecule has 3 amide bonds. The van der Waals surface area contributed by atoms with Gasteiger partial charge in [-0.2, -0.15) is 0 Å². The number of likely N-dealkylation sites (N-methyl/N-ethyl adjacent to an activating group) is 1. The Morgan fingerprint density at radius 3 is 2.68 bits per heavy atom. The fourth-order valence-corrected chi connectivity index (χ4v) is 6.31. The van der Waals surface area contributed by atoms with Gasteiger partial charge < -0.3 is 24.0 Å². The molecule has 3 aromatic rings. The predicted molar refractivity (Wildman–Crippen MR) is 139 cm³/mol. The first-order chi connectivity index (χ1) is 18.3. The van der Waals surface area contributed by atoms with Crippen LogP contribution < -0.4 is 9.64 Å². The molecule has 0 aliphatic carbocycles. The van der Waals surface area contributed by atoms with E-state index in [0.717, 1.165) is 16.8 Å². The molecule has 38 heavy (non-hydrogen) atoms. The molecule has 1 aromatic heterocycles. The van der Waals surface area contributed by atoms with Crippen LogP contribution in [0.15, 0.2) is 53.1 Å². The highest BCUT2D eigenvalue weighted by Crippen LogP contribution is 2.57. The second-order valence-corrected chi connectivity index (χ2v) is 10.3. The quantitative estimate of drug-likeness (QED) is 0.494. The van der Waals surface area contributed by atoms with E-state index in [1.807, 2.05) is 48.5 Å². The van der Waals surface area contributed by atoms with Crippen molar-refractivity contribution in [2.45, 2.75) is 38.1 Å². The molecule has 9 nitrogen and oxygen atoms in total. The van der Waals surface area contributed by atoms with Gasteiger partial charge in [-0.15, -0.1) is 0 Å². The Labute approximate surface area is 220 Å². The third-order valence-corrected chi connectivity index (χ3v) is 8.14. The summed E-state index contributed by atoms with van der Waals surface area (Å²) in [5, 5.41) is 3.99. The highest BCUT2D eigenvalue weighted by atomic mass is 16.5. The lowest BCUT2D eigenvalue weighted by molar-refractivity contribution is -0.131. The molecular weight excluding hydrogens is 484 g/mol. The van der Waals surface area contributed by atoms with Crippen LogP contribution in [-0.4, -0.2) is 66.0 Å². The second kappa shape index (κ2) is 9.01. The van der Waals surface area contributed by atoms with E-state index in [1.165, 1.54) is 0 Å². The van der Waals surface area contributed by atoms with E-state index in [-0.39, 0.29) is 24.3 Å². The summed E-state index contributed by atoms with van der Waals surface area (Å²) < 4.78 is 11.4. The van der Waals surface area contributed by atoms with Crippen molar-refractivity contribution in [3.8, 4) is 5.75 Å². The minimum atomic E-state index is -1.05. The fourth-order valence-electron chi connectivity index (χ4n) is 6.31. The molecule has 3 aliphatic heterocycles. The van der Waals surface area contributed by atoms with Crippen molar-refractivity contribution in [2.75, 3.05) is 38.2 Å². The van der Waals surface area contributed by atoms with Gasteiger partial charge in [0.05, 0.1) is 18.3 Å². The standard InChI is InChI=1S/C29H30N4O5/c1-18-25(19(2)38-30-18)27(35)32-14-12-29-22-10-4-5-11-23(22)33(28(29)36)17-24(34)31(3)13-7-15-37-21-9-6-8-20(16-21)26(29)32/h4-6,8-11,16,26H,7,12-15,17H2,1-3H3/t26-,29+/m0/s1. The third kappa shape index (κ3) is 3.52. The van der Waals surface area contributed by atoms with E-state index < -0.39 is 11.5 Å². The maximum absolute atomic E-state index is 14.5. The molecule has 1 fully saturated rings. The van der Waals surface area contributed by atoms with Gasteiger partial charge in [0.1, 0.15) is 29.0 Å². The molecular formula is C29H30N4O5. The summed E-state index contributed by atoms with van der Waals surface area (Å²) in [6, 6.07) is 14.7. The summed E-state index contributed by atoms with van der Waals surface area (Å²) in [5.74, 6) is 0.577. The first kappa shape index (κ1) is 24.2. The Hall–Kier alpha value is -4.14. The summed E-state index contributed by atoms with van der Waals surface area (Å²) in [4.78, 5) is 46.8. The van der Waals surface area contributed by atoms with Gasteiger partial charge in [0.25, 0.3) is 5.91 Å². The normalized spacial score (nSPS) is 23.1. The van der Waals surface area contributed by atoms with E-state index in [1.54, 1.807) is 35.6 Å². The minimum Gasteiger partial charge on any atom is -0.494 e. The third-order valence-electron chi connectivity index (χ3n) is 8.14. The lowest BCUT2D eigenvalue weighted by Gasteiger charge is -2.35. The van der Waals surface area contributed by atoms with Crippen LogP contribution in [0.25, 0.3) is 0 Å². The molecule has 0 saturated carbocycles. The Kier molecular flexibility index (Phi) is 5.74. The topological polar surface area (TPSA) is 96.2 Å². The van der Waals surface area contributed by atoms with Crippen LogP contribution in [0.1, 0.15) is 51.8 Å². The molecule has 2 atom stereocenters. The molecule has 6 rings (SSSR count). The van der Waals surface area contributed by atoms with Crippen molar-refractivity contribution in [2.24, 2.45) is 0 Å². The number of benzene rings is 2. The molecule has 1 spiro atoms. The van der Waals surface area contributed by atoms with E-state index in [4.69, 9.17) is 9.26 Å². The maximum Gasteiger partial charge on any atom is 0.259 e. The number of aromatic nitrogens is 1. The lowest BCUT2D eigenvalue weighted by Crippen LogP contribution is -2.48. The van der Waals surface area contributed by atoms with Gasteiger partial charge in [0.15, 0.2) is 0 Å². The average Bonchev–Trinajstić information content (AvgIpc) is 3.55. The number of hydrogen-bond acceptors (Lipinski definition) is 6. The molecule has 196 valence electrons. The van der Waals surface area contributed by atoms with Crippen LogP contribution in [0.4, 0.5) is 5.69 Å². The van der Waals surface area contributed by atoms with Crippen LogP contribution in [0.3, 0.4) is 0 Å². The first-order valence-corrected chi connectivity index (χ1v) is 12.9. The van der Waals surface area contributed by atoms with Crippen molar-refractivity contribution in [3.63, 3.8) is 0 Å². The van der Waals surface area contributed by atoms with Crippen LogP contribution in [-0.2, 0) is 15.0 Å². The number of aryl methyl sites for hydroxylation is 2. The van der Waals surface area contributed by atoms with E-state index in [0.29, 0.717) is 55.3 Å². The Morgan fingerprint density at radius 2 is 1.89 bits per heavy atom. The summed E-state index contributed by atoms with van der Waals surface area (Å²) in [5.41, 5.74) is 2.25. The maximum atomic E-state index is 14.5. The van der Waals surface area contributed by atoms with Crippen LogP contribution in [0.5, 0.6) is 5.75 Å². The number of carbonyl (C=O) groups is 3. The average molecular weight is 515 g/mol. The number of ether oxygens (including phenoxy) is 1. The van der Waals surface area contributed by atoms with Gasteiger partial charge in [-0.05, 0) is 56.0 Å². The molecule has 0 radical (unpaired) electrons. The molecule has 9 heteroatoms. The van der Waals surface area contributed by atoms with Gasteiger partial charge in [-0.25, -0.2) is 0 Å². The van der Waals surface area contributed by atoms with Crippen LogP contribution in [0.2, 0.25) is 0 Å². The van der Waals surface area contributed by atoms with Gasteiger partial charge in [-0.1, -0.05) is 35.5 Å². The molecule has 4 heterocycles. The summed E-state index contributed by atoms with van der Waals surface area (Å²) in [6.45, 7) is 4.75. The van der Waals surface area contributed by atoms with Gasteiger partial charge in [0.2, 0.25) is 11.8 Å². The predicted octanol–water partition coefficient (Wildman–Crippen LogP) is 3.40. The zero-order chi connectivity index (χ0) is 26.6. The monoisotopic (exact) mass is 514 g/mol. The van der Waals surface area contributed by atoms with E-state index in [9.17, 15) is 14.4 Å². The second-order valence-electron chi connectivity index (χ2n) is 10.3. The zero-order valence-electron chi connectivity index (χ0n) is 21.8. The van der Waals surface area contributed by atoms with Crippen molar-refractivity contribution in [1.82, 2.24) is 15.0 Å². The summed E-state index contributed by atoms with van der Waals surface area (Å²) in [6.07, 6.45) is 1.08. The van der Waals surface area contributed by atoms with Crippen LogP contribution in [0, 0.1) is 13.8 Å². The molecule has 1 saturated heterocycles. The number of nitrogens with zero attached hydrogens (tertiary/aromatic N) is 4.